The molecule has 0 aliphatic rings. The van der Waals surface area contributed by atoms with Crippen LogP contribution < -0.4 is 20.7 Å². The number of hydrogen-bond acceptors (Lipinski definition) is 4. The number of aliphatic imine (C=N–C) groups is 1. The van der Waals surface area contributed by atoms with Crippen LogP contribution in [0.15, 0.2) is 29.3 Å². The smallest absolute Gasteiger partial charge is 0.221 e. The zero-order chi connectivity index (χ0) is 17.6. The SMILES string of the molecule is CCNC(=NCCCOC)NCCOc1cccc(NC(C)=O)c1.I. The van der Waals surface area contributed by atoms with Gasteiger partial charge < -0.3 is 25.4 Å². The van der Waals surface area contributed by atoms with E-state index in [4.69, 9.17) is 9.47 Å². The van der Waals surface area contributed by atoms with Crippen molar-refractivity contribution in [2.75, 3.05) is 45.3 Å². The summed E-state index contributed by atoms with van der Waals surface area (Å²) in [6.07, 6.45) is 0.888. The molecule has 0 radical (unpaired) electrons. The number of anilines is 1. The molecule has 0 unspecified atom stereocenters. The summed E-state index contributed by atoms with van der Waals surface area (Å²) in [4.78, 5) is 15.5. The van der Waals surface area contributed by atoms with Gasteiger partial charge in [-0.1, -0.05) is 6.07 Å². The second-order valence-electron chi connectivity index (χ2n) is 5.09. The van der Waals surface area contributed by atoms with Crippen LogP contribution in [0.2, 0.25) is 0 Å². The van der Waals surface area contributed by atoms with Gasteiger partial charge in [-0.25, -0.2) is 0 Å². The lowest BCUT2D eigenvalue weighted by atomic mass is 10.3. The zero-order valence-electron chi connectivity index (χ0n) is 15.1. The fourth-order valence-corrected chi connectivity index (χ4v) is 1.95. The molecule has 7 nitrogen and oxygen atoms in total. The highest BCUT2D eigenvalue weighted by Crippen LogP contribution is 2.16. The Bertz CT molecular complexity index is 526. The number of nitrogens with one attached hydrogen (secondary N) is 3. The average molecular weight is 464 g/mol. The number of rotatable bonds is 10. The molecule has 0 aromatic heterocycles. The van der Waals surface area contributed by atoms with Crippen molar-refractivity contribution >= 4 is 41.5 Å². The van der Waals surface area contributed by atoms with E-state index in [2.05, 4.69) is 20.9 Å². The number of benzene rings is 1. The van der Waals surface area contributed by atoms with Crippen LogP contribution in [0, 0.1) is 0 Å². The van der Waals surface area contributed by atoms with Crippen molar-refractivity contribution in [3.8, 4) is 5.75 Å². The lowest BCUT2D eigenvalue weighted by Crippen LogP contribution is -2.39. The first-order valence-electron chi connectivity index (χ1n) is 8.17. The molecule has 1 aromatic carbocycles. The molecule has 0 atom stereocenters. The van der Waals surface area contributed by atoms with Gasteiger partial charge in [-0.2, -0.15) is 0 Å². The monoisotopic (exact) mass is 464 g/mol. The maximum Gasteiger partial charge on any atom is 0.221 e. The van der Waals surface area contributed by atoms with Gasteiger partial charge >= 0.3 is 0 Å². The second-order valence-corrected chi connectivity index (χ2v) is 5.09. The summed E-state index contributed by atoms with van der Waals surface area (Å²) in [7, 11) is 1.69. The Kier molecular flexibility index (Phi) is 13.8. The third-order valence-electron chi connectivity index (χ3n) is 2.94. The van der Waals surface area contributed by atoms with Crippen LogP contribution in [0.1, 0.15) is 20.3 Å². The van der Waals surface area contributed by atoms with Crippen molar-refractivity contribution in [1.82, 2.24) is 10.6 Å². The minimum atomic E-state index is -0.103. The number of methoxy groups -OCH3 is 1. The van der Waals surface area contributed by atoms with E-state index in [1.165, 1.54) is 6.92 Å². The van der Waals surface area contributed by atoms with Crippen molar-refractivity contribution in [2.24, 2.45) is 4.99 Å². The first kappa shape index (κ1) is 23.4. The van der Waals surface area contributed by atoms with Crippen molar-refractivity contribution in [2.45, 2.75) is 20.3 Å². The summed E-state index contributed by atoms with van der Waals surface area (Å²) in [6.45, 7) is 6.84. The molecule has 0 aliphatic heterocycles. The number of carbonyl (C=O) groups excluding carboxylic acids is 1. The molecule has 1 rings (SSSR count). The lowest BCUT2D eigenvalue weighted by molar-refractivity contribution is -0.114. The third-order valence-corrected chi connectivity index (χ3v) is 2.94. The van der Waals surface area contributed by atoms with Crippen LogP contribution in [-0.4, -0.2) is 51.8 Å². The van der Waals surface area contributed by atoms with Gasteiger partial charge in [0.2, 0.25) is 5.91 Å². The Hall–Kier alpha value is -1.55. The standard InChI is InChI=1S/C17H28N4O3.HI/c1-4-18-17(19-9-6-11-23-3)20-10-12-24-16-8-5-7-15(13-16)21-14(2)22;/h5,7-8,13H,4,6,9-12H2,1-3H3,(H,21,22)(H2,18,19,20);1H. The van der Waals surface area contributed by atoms with Crippen molar-refractivity contribution < 1.29 is 14.3 Å². The fraction of sp³-hybridized carbons (Fsp3) is 0.529. The summed E-state index contributed by atoms with van der Waals surface area (Å²) in [5.41, 5.74) is 0.723. The molecule has 0 fully saturated rings. The maximum absolute atomic E-state index is 11.1. The zero-order valence-corrected chi connectivity index (χ0v) is 17.5. The Labute approximate surface area is 167 Å². The van der Waals surface area contributed by atoms with Gasteiger partial charge in [0.05, 0.1) is 6.54 Å². The first-order chi connectivity index (χ1) is 11.7. The van der Waals surface area contributed by atoms with Crippen LogP contribution in [0.25, 0.3) is 0 Å². The molecule has 0 heterocycles. The summed E-state index contributed by atoms with van der Waals surface area (Å²) in [5.74, 6) is 1.38. The van der Waals surface area contributed by atoms with Crippen LogP contribution in [-0.2, 0) is 9.53 Å². The third kappa shape index (κ3) is 11.6. The van der Waals surface area contributed by atoms with Crippen LogP contribution >= 0.6 is 24.0 Å². The minimum absolute atomic E-state index is 0. The van der Waals surface area contributed by atoms with Gasteiger partial charge in [0.25, 0.3) is 0 Å². The van der Waals surface area contributed by atoms with Gasteiger partial charge in [-0.3, -0.25) is 9.79 Å². The Morgan fingerprint density at radius 3 is 2.72 bits per heavy atom. The lowest BCUT2D eigenvalue weighted by Gasteiger charge is -2.12. The molecule has 8 heteroatoms. The van der Waals surface area contributed by atoms with E-state index in [-0.39, 0.29) is 29.9 Å². The van der Waals surface area contributed by atoms with Crippen molar-refractivity contribution in [3.05, 3.63) is 24.3 Å². The second kappa shape index (κ2) is 14.8. The summed E-state index contributed by atoms with van der Waals surface area (Å²) in [6, 6.07) is 7.32. The van der Waals surface area contributed by atoms with E-state index in [9.17, 15) is 4.79 Å². The molecule has 0 spiro atoms. The van der Waals surface area contributed by atoms with E-state index in [1.807, 2.05) is 25.1 Å². The number of halogens is 1. The molecular weight excluding hydrogens is 435 g/mol. The summed E-state index contributed by atoms with van der Waals surface area (Å²) in [5, 5.41) is 9.13. The van der Waals surface area contributed by atoms with Crippen LogP contribution in [0.5, 0.6) is 5.75 Å². The van der Waals surface area contributed by atoms with Gasteiger partial charge in [-0.05, 0) is 25.5 Å². The molecule has 1 aromatic rings. The Morgan fingerprint density at radius 2 is 2.04 bits per heavy atom. The van der Waals surface area contributed by atoms with Gasteiger partial charge in [-0.15, -0.1) is 24.0 Å². The molecule has 3 N–H and O–H groups in total. The number of ether oxygens (including phenoxy) is 2. The Morgan fingerprint density at radius 1 is 1.24 bits per heavy atom. The van der Waals surface area contributed by atoms with Gasteiger partial charge in [0, 0.05) is 45.5 Å². The number of carbonyl (C=O) groups is 1. The first-order valence-corrected chi connectivity index (χ1v) is 8.17. The normalized spacial score (nSPS) is 10.6. The molecule has 0 saturated heterocycles. The maximum atomic E-state index is 11.1. The molecule has 0 aliphatic carbocycles. The van der Waals surface area contributed by atoms with E-state index in [0.29, 0.717) is 32.1 Å². The predicted octanol–water partition coefficient (Wildman–Crippen LogP) is 2.23. The van der Waals surface area contributed by atoms with Crippen molar-refractivity contribution in [1.29, 1.82) is 0 Å². The Balaban J connectivity index is 0.00000576. The van der Waals surface area contributed by atoms with Gasteiger partial charge in [0.15, 0.2) is 5.96 Å². The summed E-state index contributed by atoms with van der Waals surface area (Å²) < 4.78 is 10.7. The van der Waals surface area contributed by atoms with Crippen molar-refractivity contribution in [3.63, 3.8) is 0 Å². The fourth-order valence-electron chi connectivity index (χ4n) is 1.95. The molecule has 0 saturated carbocycles. The van der Waals surface area contributed by atoms with E-state index in [1.54, 1.807) is 13.2 Å². The quantitative estimate of drug-likeness (QED) is 0.214. The molecule has 25 heavy (non-hydrogen) atoms. The highest BCUT2D eigenvalue weighted by molar-refractivity contribution is 14.0. The largest absolute Gasteiger partial charge is 0.492 e. The molecule has 0 bridgehead atoms. The number of amides is 1. The highest BCUT2D eigenvalue weighted by Gasteiger charge is 2.00. The number of guanidine groups is 1. The number of hydrogen-bond donors (Lipinski definition) is 3. The van der Waals surface area contributed by atoms with E-state index in [0.717, 1.165) is 24.6 Å². The molecule has 142 valence electrons. The predicted molar refractivity (Wildman–Crippen MR) is 112 cm³/mol. The molecular formula is C17H29IN4O3. The van der Waals surface area contributed by atoms with E-state index >= 15 is 0 Å². The highest BCUT2D eigenvalue weighted by atomic mass is 127. The average Bonchev–Trinajstić information content (AvgIpc) is 2.55. The van der Waals surface area contributed by atoms with E-state index < -0.39 is 0 Å². The minimum Gasteiger partial charge on any atom is -0.492 e. The number of nitrogens with zero attached hydrogens (tertiary/aromatic N) is 1. The van der Waals surface area contributed by atoms with Crippen LogP contribution in [0.4, 0.5) is 5.69 Å². The molecule has 1 amide bonds. The topological polar surface area (TPSA) is 84.0 Å². The summed E-state index contributed by atoms with van der Waals surface area (Å²) >= 11 is 0. The van der Waals surface area contributed by atoms with Gasteiger partial charge in [0.1, 0.15) is 12.4 Å². The van der Waals surface area contributed by atoms with Crippen LogP contribution in [0.3, 0.4) is 0 Å².